The fraction of sp³-hybridized carbons (Fsp3) is 0.619. The number of fused-ring (bicyclic) bond motifs is 5. The van der Waals surface area contributed by atoms with Gasteiger partial charge < -0.3 is 4.74 Å². The third-order valence-electron chi connectivity index (χ3n) is 7.08. The van der Waals surface area contributed by atoms with Gasteiger partial charge in [0.1, 0.15) is 6.10 Å². The van der Waals surface area contributed by atoms with E-state index in [4.69, 9.17) is 4.74 Å². The van der Waals surface area contributed by atoms with Crippen LogP contribution >= 0.6 is 0 Å². The maximum atomic E-state index is 11.7. The van der Waals surface area contributed by atoms with Gasteiger partial charge in [0.25, 0.3) is 0 Å². The highest BCUT2D eigenvalue weighted by atomic mass is 16.5. The van der Waals surface area contributed by atoms with Crippen molar-refractivity contribution < 1.29 is 14.3 Å². The maximum absolute atomic E-state index is 11.7. The molecule has 24 heavy (non-hydrogen) atoms. The quantitative estimate of drug-likeness (QED) is 0.684. The molecule has 0 aliphatic heterocycles. The molecule has 0 saturated heterocycles. The van der Waals surface area contributed by atoms with Crippen LogP contribution in [0.5, 0.6) is 0 Å². The minimum Gasteiger partial charge on any atom is -0.462 e. The summed E-state index contributed by atoms with van der Waals surface area (Å²) in [6, 6.07) is 0. The Labute approximate surface area is 143 Å². The first-order chi connectivity index (χ1) is 11.4. The SMILES string of the molecule is CC(=O)OC1CCC2C3C(C)=CC4=CC(=O)C=CC4C3CCC12C. The van der Waals surface area contributed by atoms with Crippen molar-refractivity contribution >= 4 is 11.8 Å². The van der Waals surface area contributed by atoms with E-state index in [9.17, 15) is 9.59 Å². The average molecular weight is 326 g/mol. The predicted molar refractivity (Wildman–Crippen MR) is 92.1 cm³/mol. The van der Waals surface area contributed by atoms with Crippen molar-refractivity contribution in [2.75, 3.05) is 0 Å². The lowest BCUT2D eigenvalue weighted by Crippen LogP contribution is -2.47. The van der Waals surface area contributed by atoms with Crippen molar-refractivity contribution in [3.05, 3.63) is 35.5 Å². The molecule has 3 heteroatoms. The van der Waals surface area contributed by atoms with Crippen molar-refractivity contribution in [3.63, 3.8) is 0 Å². The van der Waals surface area contributed by atoms with E-state index in [-0.39, 0.29) is 23.3 Å². The van der Waals surface area contributed by atoms with E-state index in [1.165, 1.54) is 18.1 Å². The van der Waals surface area contributed by atoms with E-state index in [2.05, 4.69) is 26.0 Å². The van der Waals surface area contributed by atoms with E-state index in [1.807, 2.05) is 6.08 Å². The highest BCUT2D eigenvalue weighted by Crippen LogP contribution is 2.62. The van der Waals surface area contributed by atoms with E-state index in [1.54, 1.807) is 6.08 Å². The summed E-state index contributed by atoms with van der Waals surface area (Å²) in [5.74, 6) is 2.04. The van der Waals surface area contributed by atoms with Crippen molar-refractivity contribution in [3.8, 4) is 0 Å². The number of rotatable bonds is 1. The van der Waals surface area contributed by atoms with E-state index >= 15 is 0 Å². The molecule has 128 valence electrons. The minimum atomic E-state index is -0.154. The van der Waals surface area contributed by atoms with Crippen LogP contribution < -0.4 is 0 Å². The molecule has 4 aliphatic carbocycles. The molecule has 6 unspecified atom stereocenters. The third kappa shape index (κ3) is 2.24. The average Bonchev–Trinajstić information content (AvgIpc) is 2.83. The second kappa shape index (κ2) is 5.44. The largest absolute Gasteiger partial charge is 0.462 e. The molecule has 3 nitrogen and oxygen atoms in total. The number of allylic oxidation sites excluding steroid dienone is 6. The zero-order chi connectivity index (χ0) is 17.1. The number of carbonyl (C=O) groups is 2. The van der Waals surface area contributed by atoms with E-state index < -0.39 is 0 Å². The van der Waals surface area contributed by atoms with E-state index in [0.717, 1.165) is 25.7 Å². The van der Waals surface area contributed by atoms with Gasteiger partial charge in [-0.25, -0.2) is 0 Å². The lowest BCUT2D eigenvalue weighted by Gasteiger charge is -2.52. The molecule has 6 atom stereocenters. The maximum Gasteiger partial charge on any atom is 0.302 e. The van der Waals surface area contributed by atoms with Crippen LogP contribution in [-0.2, 0) is 14.3 Å². The molecule has 4 rings (SSSR count). The zero-order valence-corrected chi connectivity index (χ0v) is 14.7. The Morgan fingerprint density at radius 3 is 2.79 bits per heavy atom. The van der Waals surface area contributed by atoms with Crippen molar-refractivity contribution in [2.24, 2.45) is 29.1 Å². The highest BCUT2D eigenvalue weighted by Gasteiger charge is 2.57. The van der Waals surface area contributed by atoms with Gasteiger partial charge in [-0.3, -0.25) is 9.59 Å². The first kappa shape index (κ1) is 15.9. The second-order valence-electron chi connectivity index (χ2n) is 8.34. The standard InChI is InChI=1S/C21H26O3/c1-12-10-14-11-15(23)4-5-16(14)17-8-9-21(3)18(20(12)17)6-7-19(21)24-13(2)22/h4-5,10-11,16-20H,6-9H2,1-3H3. The molecule has 0 amide bonds. The fourth-order valence-electron chi connectivity index (χ4n) is 6.08. The molecule has 4 aliphatic rings. The first-order valence-electron chi connectivity index (χ1n) is 9.19. The molecule has 2 saturated carbocycles. The van der Waals surface area contributed by atoms with Crippen LogP contribution in [0.25, 0.3) is 0 Å². The number of carbonyl (C=O) groups excluding carboxylic acids is 2. The molecule has 0 aromatic carbocycles. The summed E-state index contributed by atoms with van der Waals surface area (Å²) in [4.78, 5) is 23.2. The molecular weight excluding hydrogens is 300 g/mol. The zero-order valence-electron chi connectivity index (χ0n) is 14.7. The Morgan fingerprint density at radius 1 is 1.25 bits per heavy atom. The topological polar surface area (TPSA) is 43.4 Å². The van der Waals surface area contributed by atoms with Gasteiger partial charge in [-0.15, -0.1) is 0 Å². The molecule has 0 N–H and O–H groups in total. The van der Waals surface area contributed by atoms with Gasteiger partial charge in [0.05, 0.1) is 0 Å². The molecular formula is C21H26O3. The predicted octanol–water partition coefficient (Wildman–Crippen LogP) is 4.00. The molecule has 0 aromatic heterocycles. The van der Waals surface area contributed by atoms with Crippen LogP contribution in [0, 0.1) is 29.1 Å². The van der Waals surface area contributed by atoms with Gasteiger partial charge in [-0.2, -0.15) is 0 Å². The minimum absolute atomic E-state index is 0.0640. The summed E-state index contributed by atoms with van der Waals surface area (Å²) >= 11 is 0. The smallest absolute Gasteiger partial charge is 0.302 e. The van der Waals surface area contributed by atoms with Gasteiger partial charge in [-0.1, -0.05) is 24.6 Å². The lowest BCUT2D eigenvalue weighted by atomic mass is 9.53. The van der Waals surface area contributed by atoms with Crippen LogP contribution in [0.3, 0.4) is 0 Å². The summed E-state index contributed by atoms with van der Waals surface area (Å²) < 4.78 is 5.69. The van der Waals surface area contributed by atoms with E-state index in [0.29, 0.717) is 23.7 Å². The van der Waals surface area contributed by atoms with Crippen molar-refractivity contribution in [2.45, 2.75) is 52.6 Å². The van der Waals surface area contributed by atoms with Gasteiger partial charge in [0, 0.05) is 18.3 Å². The molecule has 0 aromatic rings. The lowest BCUT2D eigenvalue weighted by molar-refractivity contribution is -0.155. The summed E-state index contributed by atoms with van der Waals surface area (Å²) in [5.41, 5.74) is 2.70. The summed E-state index contributed by atoms with van der Waals surface area (Å²) in [6.07, 6.45) is 12.4. The number of hydrogen-bond donors (Lipinski definition) is 0. The van der Waals surface area contributed by atoms with Crippen LogP contribution in [0.4, 0.5) is 0 Å². The molecule has 0 bridgehead atoms. The van der Waals surface area contributed by atoms with Crippen LogP contribution in [0.2, 0.25) is 0 Å². The fourth-order valence-corrected chi connectivity index (χ4v) is 6.08. The Bertz CT molecular complexity index is 683. The Hall–Kier alpha value is -1.64. The van der Waals surface area contributed by atoms with Crippen LogP contribution in [0.15, 0.2) is 35.5 Å². The van der Waals surface area contributed by atoms with Gasteiger partial charge in [0.2, 0.25) is 0 Å². The summed E-state index contributed by atoms with van der Waals surface area (Å²) in [5, 5.41) is 0. The molecule has 2 fully saturated rings. The van der Waals surface area contributed by atoms with Crippen molar-refractivity contribution in [1.29, 1.82) is 0 Å². The van der Waals surface area contributed by atoms with Gasteiger partial charge in [-0.05, 0) is 68.1 Å². The van der Waals surface area contributed by atoms with Gasteiger partial charge in [0.15, 0.2) is 5.78 Å². The summed E-state index contributed by atoms with van der Waals surface area (Å²) in [6.45, 7) is 6.07. The van der Waals surface area contributed by atoms with Gasteiger partial charge >= 0.3 is 5.97 Å². The Morgan fingerprint density at radius 2 is 2.04 bits per heavy atom. The number of hydrogen-bond acceptors (Lipinski definition) is 3. The molecule has 0 radical (unpaired) electrons. The first-order valence-corrected chi connectivity index (χ1v) is 9.19. The summed E-state index contributed by atoms with van der Waals surface area (Å²) in [7, 11) is 0. The van der Waals surface area contributed by atoms with Crippen LogP contribution in [0.1, 0.15) is 46.5 Å². The third-order valence-corrected chi connectivity index (χ3v) is 7.08. The highest BCUT2D eigenvalue weighted by molar-refractivity contribution is 6.01. The second-order valence-corrected chi connectivity index (χ2v) is 8.34. The molecule has 0 spiro atoms. The van der Waals surface area contributed by atoms with Crippen LogP contribution in [-0.4, -0.2) is 17.9 Å². The number of ether oxygens (including phenoxy) is 1. The van der Waals surface area contributed by atoms with Crippen molar-refractivity contribution in [1.82, 2.24) is 0 Å². The Balaban J connectivity index is 1.69. The Kier molecular flexibility index (Phi) is 3.59. The number of ketones is 1. The molecule has 0 heterocycles. The normalized spacial score (nSPS) is 43.3. The number of esters is 1. The monoisotopic (exact) mass is 326 g/mol.